The van der Waals surface area contributed by atoms with E-state index in [2.05, 4.69) is 15.2 Å². The van der Waals surface area contributed by atoms with E-state index >= 15 is 0 Å². The molecule has 138 valence electrons. The van der Waals surface area contributed by atoms with Crippen molar-refractivity contribution in [3.05, 3.63) is 70.0 Å². The van der Waals surface area contributed by atoms with Crippen LogP contribution in [0.1, 0.15) is 28.8 Å². The van der Waals surface area contributed by atoms with Gasteiger partial charge in [0, 0.05) is 6.54 Å². The molecule has 2 aromatic carbocycles. The van der Waals surface area contributed by atoms with Crippen LogP contribution in [0.5, 0.6) is 0 Å². The lowest BCUT2D eigenvalue weighted by Gasteiger charge is -2.14. The zero-order chi connectivity index (χ0) is 18.6. The van der Waals surface area contributed by atoms with E-state index in [1.165, 1.54) is 18.4 Å². The van der Waals surface area contributed by atoms with Crippen molar-refractivity contribution in [1.82, 2.24) is 19.9 Å². The number of nitrogens with zero attached hydrogens (tertiary/aromatic N) is 4. The summed E-state index contributed by atoms with van der Waals surface area (Å²) in [5, 5.41) is 8.22. The number of benzene rings is 2. The summed E-state index contributed by atoms with van der Waals surface area (Å²) in [5.74, 6) is -0.496. The number of hydrogen-bond acceptors (Lipinski definition) is 6. The molecule has 3 aromatic rings. The number of fused-ring (bicyclic) bond motifs is 1. The highest BCUT2D eigenvalue weighted by molar-refractivity contribution is 5.89. The number of carbonyl (C=O) groups excluding carboxylic acids is 1. The van der Waals surface area contributed by atoms with Crippen LogP contribution >= 0.6 is 0 Å². The minimum atomic E-state index is -0.496. The first-order valence-corrected chi connectivity index (χ1v) is 9.02. The molecular weight excluding hydrogens is 344 g/mol. The monoisotopic (exact) mass is 364 g/mol. The van der Waals surface area contributed by atoms with E-state index in [0.717, 1.165) is 24.3 Å². The van der Waals surface area contributed by atoms with Gasteiger partial charge in [-0.3, -0.25) is 9.69 Å². The van der Waals surface area contributed by atoms with Gasteiger partial charge in [-0.05, 0) is 55.8 Å². The van der Waals surface area contributed by atoms with Crippen molar-refractivity contribution in [2.45, 2.75) is 26.1 Å². The molecule has 0 unspecified atom stereocenters. The Labute approximate surface area is 156 Å². The number of rotatable bonds is 5. The molecule has 7 heteroatoms. The minimum Gasteiger partial charge on any atom is -0.439 e. The van der Waals surface area contributed by atoms with Crippen LogP contribution in [0, 0.1) is 0 Å². The number of hydrogen-bond donors (Lipinski definition) is 0. The number of ether oxygens (including phenoxy) is 1. The van der Waals surface area contributed by atoms with Gasteiger partial charge in [-0.15, -0.1) is 5.10 Å². The summed E-state index contributed by atoms with van der Waals surface area (Å²) < 4.78 is 6.27. The first-order valence-electron chi connectivity index (χ1n) is 9.02. The van der Waals surface area contributed by atoms with Crippen LogP contribution in [-0.2, 0) is 18.0 Å². The van der Waals surface area contributed by atoms with E-state index in [0.29, 0.717) is 16.5 Å². The predicted octanol–water partition coefficient (Wildman–Crippen LogP) is 2.20. The molecular formula is C20H20N4O3. The van der Waals surface area contributed by atoms with Crippen molar-refractivity contribution in [1.29, 1.82) is 0 Å². The SMILES string of the molecule is O=C(OCn1nnc2ccccc2c1=O)c1ccc(CN2CCCC2)cc1. The molecule has 0 atom stereocenters. The smallest absolute Gasteiger partial charge is 0.339 e. The molecule has 0 saturated carbocycles. The fraction of sp³-hybridized carbons (Fsp3) is 0.300. The Balaban J connectivity index is 1.40. The molecule has 2 heterocycles. The molecule has 0 radical (unpaired) electrons. The number of esters is 1. The summed E-state index contributed by atoms with van der Waals surface area (Å²) in [6, 6.07) is 14.3. The van der Waals surface area contributed by atoms with Crippen LogP contribution in [0.3, 0.4) is 0 Å². The van der Waals surface area contributed by atoms with Gasteiger partial charge < -0.3 is 4.74 Å². The second-order valence-corrected chi connectivity index (χ2v) is 6.65. The van der Waals surface area contributed by atoms with Gasteiger partial charge in [-0.25, -0.2) is 4.79 Å². The highest BCUT2D eigenvalue weighted by Gasteiger charge is 2.13. The maximum absolute atomic E-state index is 12.4. The van der Waals surface area contributed by atoms with Gasteiger partial charge in [0.25, 0.3) is 5.56 Å². The van der Waals surface area contributed by atoms with Gasteiger partial charge >= 0.3 is 5.97 Å². The summed E-state index contributed by atoms with van der Waals surface area (Å²) in [7, 11) is 0. The van der Waals surface area contributed by atoms with Gasteiger partial charge in [-0.2, -0.15) is 4.68 Å². The third-order valence-corrected chi connectivity index (χ3v) is 4.74. The van der Waals surface area contributed by atoms with E-state index in [1.807, 2.05) is 12.1 Å². The standard InChI is InChI=1S/C20H20N4O3/c25-19-17-5-1-2-6-18(17)21-22-24(19)14-27-20(26)16-9-7-15(8-10-16)13-23-11-3-4-12-23/h1-2,5-10H,3-4,11-14H2. The lowest BCUT2D eigenvalue weighted by atomic mass is 10.1. The van der Waals surface area contributed by atoms with Crippen LogP contribution in [0.4, 0.5) is 0 Å². The molecule has 1 aliphatic heterocycles. The van der Waals surface area contributed by atoms with E-state index in [4.69, 9.17) is 4.74 Å². The topological polar surface area (TPSA) is 77.3 Å². The Kier molecular flexibility index (Phi) is 4.93. The van der Waals surface area contributed by atoms with Crippen LogP contribution < -0.4 is 5.56 Å². The van der Waals surface area contributed by atoms with E-state index in [9.17, 15) is 9.59 Å². The van der Waals surface area contributed by atoms with Crippen LogP contribution in [-0.4, -0.2) is 39.0 Å². The van der Waals surface area contributed by atoms with Gasteiger partial charge in [0.1, 0.15) is 5.52 Å². The first-order chi connectivity index (χ1) is 13.2. The van der Waals surface area contributed by atoms with Gasteiger partial charge in [0.2, 0.25) is 0 Å². The molecule has 4 rings (SSSR count). The number of carbonyl (C=O) groups is 1. The van der Waals surface area contributed by atoms with Crippen molar-refractivity contribution in [2.75, 3.05) is 13.1 Å². The molecule has 0 spiro atoms. The summed E-state index contributed by atoms with van der Waals surface area (Å²) in [6.45, 7) is 2.89. The summed E-state index contributed by atoms with van der Waals surface area (Å²) in [5.41, 5.74) is 1.79. The second-order valence-electron chi connectivity index (χ2n) is 6.65. The number of aromatic nitrogens is 3. The lowest BCUT2D eigenvalue weighted by Crippen LogP contribution is -2.26. The van der Waals surface area contributed by atoms with Crippen LogP contribution in [0.15, 0.2) is 53.3 Å². The molecule has 0 amide bonds. The largest absolute Gasteiger partial charge is 0.439 e. The Morgan fingerprint density at radius 1 is 1.04 bits per heavy atom. The molecule has 27 heavy (non-hydrogen) atoms. The third-order valence-electron chi connectivity index (χ3n) is 4.74. The Bertz CT molecular complexity index is 1010. The number of likely N-dealkylation sites (tertiary alicyclic amines) is 1. The van der Waals surface area contributed by atoms with E-state index < -0.39 is 5.97 Å². The Hall–Kier alpha value is -3.06. The minimum absolute atomic E-state index is 0.273. The molecule has 1 aromatic heterocycles. The lowest BCUT2D eigenvalue weighted by molar-refractivity contribution is 0.0336. The Morgan fingerprint density at radius 3 is 2.56 bits per heavy atom. The van der Waals surface area contributed by atoms with Crippen LogP contribution in [0.25, 0.3) is 10.9 Å². The second kappa shape index (κ2) is 7.67. The van der Waals surface area contributed by atoms with Gasteiger partial charge in [0.15, 0.2) is 6.73 Å². The van der Waals surface area contributed by atoms with Crippen molar-refractivity contribution in [3.8, 4) is 0 Å². The van der Waals surface area contributed by atoms with Gasteiger partial charge in [-0.1, -0.05) is 29.5 Å². The van der Waals surface area contributed by atoms with Crippen molar-refractivity contribution in [2.24, 2.45) is 0 Å². The van der Waals surface area contributed by atoms with Crippen LogP contribution in [0.2, 0.25) is 0 Å². The van der Waals surface area contributed by atoms with E-state index in [-0.39, 0.29) is 12.3 Å². The average molecular weight is 364 g/mol. The molecule has 0 bridgehead atoms. The molecule has 1 fully saturated rings. The molecule has 0 N–H and O–H groups in total. The molecule has 0 aliphatic carbocycles. The predicted molar refractivity (Wildman–Crippen MR) is 100 cm³/mol. The van der Waals surface area contributed by atoms with Crippen molar-refractivity contribution < 1.29 is 9.53 Å². The fourth-order valence-electron chi connectivity index (χ4n) is 3.26. The summed E-state index contributed by atoms with van der Waals surface area (Å²) >= 11 is 0. The zero-order valence-electron chi connectivity index (χ0n) is 14.9. The molecule has 1 aliphatic rings. The summed E-state index contributed by atoms with van der Waals surface area (Å²) in [4.78, 5) is 27.0. The normalized spacial score (nSPS) is 14.5. The molecule has 7 nitrogen and oxygen atoms in total. The fourth-order valence-corrected chi connectivity index (χ4v) is 3.26. The average Bonchev–Trinajstić information content (AvgIpc) is 3.21. The molecule has 1 saturated heterocycles. The highest BCUT2D eigenvalue weighted by Crippen LogP contribution is 2.14. The first kappa shape index (κ1) is 17.4. The van der Waals surface area contributed by atoms with Crippen molar-refractivity contribution >= 4 is 16.9 Å². The maximum atomic E-state index is 12.4. The van der Waals surface area contributed by atoms with Crippen molar-refractivity contribution in [3.63, 3.8) is 0 Å². The highest BCUT2D eigenvalue weighted by atomic mass is 16.5. The Morgan fingerprint density at radius 2 is 1.78 bits per heavy atom. The summed E-state index contributed by atoms with van der Waals surface area (Å²) in [6.07, 6.45) is 2.50. The maximum Gasteiger partial charge on any atom is 0.339 e. The van der Waals surface area contributed by atoms with E-state index in [1.54, 1.807) is 36.4 Å². The third kappa shape index (κ3) is 3.88. The quantitative estimate of drug-likeness (QED) is 0.646. The zero-order valence-corrected chi connectivity index (χ0v) is 14.9. The van der Waals surface area contributed by atoms with Gasteiger partial charge in [0.05, 0.1) is 10.9 Å².